The maximum absolute atomic E-state index is 6.01. The second-order valence-corrected chi connectivity index (χ2v) is 7.14. The largest absolute Gasteiger partial charge is 0.456 e. The third-order valence-corrected chi connectivity index (χ3v) is 4.44. The Morgan fingerprint density at radius 1 is 0.652 bits per heavy atom. The van der Waals surface area contributed by atoms with Gasteiger partial charge in [-0.2, -0.15) is 0 Å². The zero-order valence-electron chi connectivity index (χ0n) is 13.8. The molecular formula is C22H20O. The van der Waals surface area contributed by atoms with Crippen LogP contribution in [0.15, 0.2) is 71.1 Å². The van der Waals surface area contributed by atoms with E-state index < -0.39 is 0 Å². The first kappa shape index (κ1) is 14.1. The van der Waals surface area contributed by atoms with Gasteiger partial charge in [-0.3, -0.25) is 0 Å². The van der Waals surface area contributed by atoms with Crippen LogP contribution in [-0.2, 0) is 5.41 Å². The summed E-state index contributed by atoms with van der Waals surface area (Å²) < 4.78 is 6.01. The van der Waals surface area contributed by atoms with E-state index in [1.807, 2.05) is 12.1 Å². The summed E-state index contributed by atoms with van der Waals surface area (Å²) in [4.78, 5) is 0. The van der Waals surface area contributed by atoms with Gasteiger partial charge in [-0.1, -0.05) is 69.3 Å². The molecule has 0 radical (unpaired) electrons. The predicted octanol–water partition coefficient (Wildman–Crippen LogP) is 6.55. The number of hydrogen-bond donors (Lipinski definition) is 0. The average molecular weight is 300 g/mol. The van der Waals surface area contributed by atoms with Crippen LogP contribution in [0.4, 0.5) is 0 Å². The Hall–Kier alpha value is -2.54. The second-order valence-electron chi connectivity index (χ2n) is 7.14. The molecule has 23 heavy (non-hydrogen) atoms. The second kappa shape index (κ2) is 4.99. The number of fused-ring (bicyclic) bond motifs is 3. The smallest absolute Gasteiger partial charge is 0.136 e. The highest BCUT2D eigenvalue weighted by atomic mass is 16.3. The topological polar surface area (TPSA) is 13.1 Å². The Morgan fingerprint density at radius 3 is 2.22 bits per heavy atom. The summed E-state index contributed by atoms with van der Waals surface area (Å²) in [7, 11) is 0. The van der Waals surface area contributed by atoms with E-state index in [2.05, 4.69) is 75.4 Å². The van der Waals surface area contributed by atoms with E-state index in [0.717, 1.165) is 11.2 Å². The van der Waals surface area contributed by atoms with E-state index in [0.29, 0.717) is 0 Å². The molecule has 4 rings (SSSR count). The van der Waals surface area contributed by atoms with E-state index in [4.69, 9.17) is 4.42 Å². The van der Waals surface area contributed by atoms with Gasteiger partial charge in [-0.15, -0.1) is 0 Å². The molecule has 1 heteroatoms. The first-order valence-electron chi connectivity index (χ1n) is 8.04. The van der Waals surface area contributed by atoms with Gasteiger partial charge in [0.1, 0.15) is 11.2 Å². The van der Waals surface area contributed by atoms with Crippen molar-refractivity contribution in [1.82, 2.24) is 0 Å². The lowest BCUT2D eigenvalue weighted by Gasteiger charge is -2.19. The zero-order chi connectivity index (χ0) is 16.0. The van der Waals surface area contributed by atoms with Crippen molar-refractivity contribution in [3.63, 3.8) is 0 Å². The molecule has 4 aromatic rings. The van der Waals surface area contributed by atoms with Crippen molar-refractivity contribution in [3.8, 4) is 11.1 Å². The highest BCUT2D eigenvalue weighted by Crippen LogP contribution is 2.33. The monoisotopic (exact) mass is 300 g/mol. The van der Waals surface area contributed by atoms with Gasteiger partial charge in [-0.25, -0.2) is 0 Å². The molecule has 0 aliphatic rings. The maximum Gasteiger partial charge on any atom is 0.136 e. The Balaban J connectivity index is 1.88. The number of para-hydroxylation sites is 1. The van der Waals surface area contributed by atoms with Crippen molar-refractivity contribution >= 4 is 21.9 Å². The molecule has 0 aliphatic carbocycles. The van der Waals surface area contributed by atoms with Crippen molar-refractivity contribution in [2.24, 2.45) is 0 Å². The Kier molecular flexibility index (Phi) is 3.05. The molecule has 1 nitrogen and oxygen atoms in total. The predicted molar refractivity (Wildman–Crippen MR) is 97.9 cm³/mol. The number of furan rings is 1. The lowest BCUT2D eigenvalue weighted by atomic mass is 9.85. The van der Waals surface area contributed by atoms with Crippen LogP contribution in [0.25, 0.3) is 33.1 Å². The van der Waals surface area contributed by atoms with Gasteiger partial charge in [0.15, 0.2) is 0 Å². The van der Waals surface area contributed by atoms with Gasteiger partial charge < -0.3 is 4.42 Å². The summed E-state index contributed by atoms with van der Waals surface area (Å²) in [5.74, 6) is 0. The van der Waals surface area contributed by atoms with E-state index in [1.165, 1.54) is 27.5 Å². The van der Waals surface area contributed by atoms with Crippen LogP contribution >= 0.6 is 0 Å². The molecule has 1 heterocycles. The van der Waals surface area contributed by atoms with Crippen LogP contribution in [-0.4, -0.2) is 0 Å². The molecule has 0 amide bonds. The molecule has 0 atom stereocenters. The minimum atomic E-state index is 0.152. The van der Waals surface area contributed by atoms with Gasteiger partial charge >= 0.3 is 0 Å². The van der Waals surface area contributed by atoms with Crippen molar-refractivity contribution in [2.45, 2.75) is 26.2 Å². The third-order valence-electron chi connectivity index (χ3n) is 4.44. The van der Waals surface area contributed by atoms with Crippen LogP contribution < -0.4 is 0 Å². The maximum atomic E-state index is 6.01. The Labute approximate surface area is 136 Å². The Bertz CT molecular complexity index is 999. The molecule has 0 bridgehead atoms. The summed E-state index contributed by atoms with van der Waals surface area (Å²) in [5, 5.41) is 2.36. The zero-order valence-corrected chi connectivity index (χ0v) is 13.8. The van der Waals surface area contributed by atoms with E-state index in [-0.39, 0.29) is 5.41 Å². The Morgan fingerprint density at radius 2 is 1.39 bits per heavy atom. The molecular weight excluding hydrogens is 280 g/mol. The van der Waals surface area contributed by atoms with E-state index >= 15 is 0 Å². The molecule has 1 aromatic heterocycles. The minimum Gasteiger partial charge on any atom is -0.456 e. The summed E-state index contributed by atoms with van der Waals surface area (Å²) >= 11 is 0. The minimum absolute atomic E-state index is 0.152. The van der Waals surface area contributed by atoms with Crippen molar-refractivity contribution < 1.29 is 4.42 Å². The number of hydrogen-bond acceptors (Lipinski definition) is 1. The van der Waals surface area contributed by atoms with E-state index in [9.17, 15) is 0 Å². The first-order valence-corrected chi connectivity index (χ1v) is 8.04. The van der Waals surface area contributed by atoms with Crippen LogP contribution in [0, 0.1) is 0 Å². The molecule has 0 saturated carbocycles. The summed E-state index contributed by atoms with van der Waals surface area (Å²) in [6, 6.07) is 23.5. The van der Waals surface area contributed by atoms with Crippen LogP contribution in [0.3, 0.4) is 0 Å². The standard InChI is InChI=1S/C22H20O/c1-22(2,3)17-8-6-7-15(13-17)16-11-12-19-18-9-4-5-10-20(18)23-21(19)14-16/h4-14H,1-3H3. The molecule has 114 valence electrons. The van der Waals surface area contributed by atoms with Crippen molar-refractivity contribution in [3.05, 3.63) is 72.3 Å². The molecule has 0 spiro atoms. The normalized spacial score (nSPS) is 12.1. The first-order chi connectivity index (χ1) is 11.0. The van der Waals surface area contributed by atoms with Crippen molar-refractivity contribution in [1.29, 1.82) is 0 Å². The van der Waals surface area contributed by atoms with Gasteiger partial charge in [0.25, 0.3) is 0 Å². The molecule has 0 unspecified atom stereocenters. The van der Waals surface area contributed by atoms with E-state index in [1.54, 1.807) is 0 Å². The third kappa shape index (κ3) is 2.43. The number of benzene rings is 3. The fourth-order valence-electron chi connectivity index (χ4n) is 3.07. The molecule has 3 aromatic carbocycles. The summed E-state index contributed by atoms with van der Waals surface area (Å²) in [6.07, 6.45) is 0. The molecule has 0 N–H and O–H groups in total. The lowest BCUT2D eigenvalue weighted by Crippen LogP contribution is -2.10. The van der Waals surface area contributed by atoms with Gasteiger partial charge in [0.2, 0.25) is 0 Å². The molecule has 0 aliphatic heterocycles. The quantitative estimate of drug-likeness (QED) is 0.388. The molecule has 0 saturated heterocycles. The highest BCUT2D eigenvalue weighted by Gasteiger charge is 2.14. The summed E-state index contributed by atoms with van der Waals surface area (Å²) in [5.41, 5.74) is 5.83. The van der Waals surface area contributed by atoms with Gasteiger partial charge in [0, 0.05) is 10.8 Å². The van der Waals surface area contributed by atoms with Crippen molar-refractivity contribution in [2.75, 3.05) is 0 Å². The van der Waals surface area contributed by atoms with Crippen LogP contribution in [0.5, 0.6) is 0 Å². The van der Waals surface area contributed by atoms with Gasteiger partial charge in [-0.05, 0) is 40.3 Å². The van der Waals surface area contributed by atoms with Gasteiger partial charge in [0.05, 0.1) is 0 Å². The molecule has 0 fully saturated rings. The number of rotatable bonds is 1. The highest BCUT2D eigenvalue weighted by molar-refractivity contribution is 6.05. The lowest BCUT2D eigenvalue weighted by molar-refractivity contribution is 0.590. The fraction of sp³-hybridized carbons (Fsp3) is 0.182. The van der Waals surface area contributed by atoms with Crippen LogP contribution in [0.1, 0.15) is 26.3 Å². The van der Waals surface area contributed by atoms with Crippen LogP contribution in [0.2, 0.25) is 0 Å². The summed E-state index contributed by atoms with van der Waals surface area (Å²) in [6.45, 7) is 6.73. The average Bonchev–Trinajstić information content (AvgIpc) is 2.92. The SMILES string of the molecule is CC(C)(C)c1cccc(-c2ccc3c(c2)oc2ccccc23)c1. The fourth-order valence-corrected chi connectivity index (χ4v) is 3.07.